The summed E-state index contributed by atoms with van der Waals surface area (Å²) < 4.78 is 5.48. The minimum absolute atomic E-state index is 0.102. The lowest BCUT2D eigenvalue weighted by molar-refractivity contribution is -0.110. The lowest BCUT2D eigenvalue weighted by Gasteiger charge is -2.07. The molecule has 0 radical (unpaired) electrons. The Balaban J connectivity index is 2.03. The molecule has 130 valence electrons. The molecule has 0 unspecified atom stereocenters. The number of benzene rings is 2. The quantitative estimate of drug-likeness (QED) is 0.757. The predicted octanol–water partition coefficient (Wildman–Crippen LogP) is 3.64. The fourth-order valence-corrected chi connectivity index (χ4v) is 2.35. The molecule has 0 aliphatic carbocycles. The maximum atomic E-state index is 12.0. The van der Waals surface area contributed by atoms with Crippen LogP contribution in [-0.2, 0) is 4.79 Å². The summed E-state index contributed by atoms with van der Waals surface area (Å²) in [6, 6.07) is 10.8. The van der Waals surface area contributed by atoms with Gasteiger partial charge in [0.1, 0.15) is 18.1 Å². The van der Waals surface area contributed by atoms with Crippen molar-refractivity contribution in [3.63, 3.8) is 0 Å². The van der Waals surface area contributed by atoms with Crippen LogP contribution in [0.1, 0.15) is 22.3 Å². The Morgan fingerprint density at radius 2 is 1.64 bits per heavy atom. The van der Waals surface area contributed by atoms with Crippen molar-refractivity contribution in [3.05, 3.63) is 70.8 Å². The van der Waals surface area contributed by atoms with Crippen LogP contribution < -0.4 is 10.5 Å². The van der Waals surface area contributed by atoms with Crippen molar-refractivity contribution < 1.29 is 14.6 Å². The number of ketones is 1. The van der Waals surface area contributed by atoms with Gasteiger partial charge in [-0.15, -0.1) is 0 Å². The molecule has 0 aromatic heterocycles. The molecule has 0 saturated heterocycles. The average molecular weight is 337 g/mol. The zero-order chi connectivity index (χ0) is 18.2. The van der Waals surface area contributed by atoms with Gasteiger partial charge >= 0.3 is 0 Å². The van der Waals surface area contributed by atoms with E-state index < -0.39 is 0 Å². The van der Waals surface area contributed by atoms with Crippen molar-refractivity contribution >= 4 is 17.9 Å². The Morgan fingerprint density at radius 1 is 1.04 bits per heavy atom. The summed E-state index contributed by atoms with van der Waals surface area (Å²) in [4.78, 5) is 12.0. The van der Waals surface area contributed by atoms with Gasteiger partial charge in [-0.1, -0.05) is 24.3 Å². The number of phenols is 1. The predicted molar refractivity (Wildman–Crippen MR) is 102 cm³/mol. The van der Waals surface area contributed by atoms with Gasteiger partial charge in [-0.3, -0.25) is 4.79 Å². The van der Waals surface area contributed by atoms with Crippen LogP contribution in [0.15, 0.2) is 48.6 Å². The van der Waals surface area contributed by atoms with Crippen molar-refractivity contribution in [2.45, 2.75) is 13.8 Å². The van der Waals surface area contributed by atoms with E-state index in [0.29, 0.717) is 13.2 Å². The minimum Gasteiger partial charge on any atom is -0.508 e. The van der Waals surface area contributed by atoms with Gasteiger partial charge in [0.05, 0.1) is 0 Å². The van der Waals surface area contributed by atoms with Gasteiger partial charge in [-0.05, 0) is 72.5 Å². The van der Waals surface area contributed by atoms with E-state index >= 15 is 0 Å². The van der Waals surface area contributed by atoms with Crippen molar-refractivity contribution in [3.8, 4) is 11.5 Å². The lowest BCUT2D eigenvalue weighted by atomic mass is 10.1. The maximum absolute atomic E-state index is 12.0. The standard InChI is InChI=1S/C21H23NO3/c1-15-13-20(24)9-5-17(15)3-7-19(23)8-4-18-6-10-21(14-16(18)2)25-12-11-22/h3-10,13-14,24H,11-12,22H2,1-2H3/b7-3+,8-4+. The third kappa shape index (κ3) is 5.62. The highest BCUT2D eigenvalue weighted by molar-refractivity contribution is 6.04. The molecular weight excluding hydrogens is 314 g/mol. The van der Waals surface area contributed by atoms with Gasteiger partial charge in [0.25, 0.3) is 0 Å². The largest absolute Gasteiger partial charge is 0.508 e. The topological polar surface area (TPSA) is 72.5 Å². The first-order valence-corrected chi connectivity index (χ1v) is 8.13. The molecule has 2 aromatic rings. The highest BCUT2D eigenvalue weighted by Gasteiger charge is 2.00. The number of aryl methyl sites for hydroxylation is 2. The van der Waals surface area contributed by atoms with Gasteiger partial charge in [0.15, 0.2) is 5.78 Å². The fraction of sp³-hybridized carbons (Fsp3) is 0.190. The lowest BCUT2D eigenvalue weighted by Crippen LogP contribution is -2.10. The number of carbonyl (C=O) groups is 1. The number of ether oxygens (including phenoxy) is 1. The molecule has 2 aromatic carbocycles. The van der Waals surface area contributed by atoms with Crippen LogP contribution in [-0.4, -0.2) is 24.0 Å². The zero-order valence-corrected chi connectivity index (χ0v) is 14.5. The molecule has 0 atom stereocenters. The van der Waals surface area contributed by atoms with Crippen LogP contribution >= 0.6 is 0 Å². The smallest absolute Gasteiger partial charge is 0.178 e. The van der Waals surface area contributed by atoms with Gasteiger partial charge in [-0.25, -0.2) is 0 Å². The number of nitrogens with two attached hydrogens (primary N) is 1. The first-order valence-electron chi connectivity index (χ1n) is 8.13. The first kappa shape index (κ1) is 18.5. The summed E-state index contributed by atoms with van der Waals surface area (Å²) >= 11 is 0. The van der Waals surface area contributed by atoms with Crippen LogP contribution in [0.25, 0.3) is 12.2 Å². The summed E-state index contributed by atoms with van der Waals surface area (Å²) in [7, 11) is 0. The summed E-state index contributed by atoms with van der Waals surface area (Å²) in [6.45, 7) is 4.81. The number of carbonyl (C=O) groups excluding carboxylic acids is 1. The summed E-state index contributed by atoms with van der Waals surface area (Å²) in [5.41, 5.74) is 9.22. The molecule has 0 bridgehead atoms. The molecule has 0 fully saturated rings. The van der Waals surface area contributed by atoms with Gasteiger partial charge in [0, 0.05) is 6.54 Å². The zero-order valence-electron chi connectivity index (χ0n) is 14.5. The molecule has 0 amide bonds. The van der Waals surface area contributed by atoms with Crippen molar-refractivity contribution in [2.75, 3.05) is 13.2 Å². The Morgan fingerprint density at radius 3 is 2.20 bits per heavy atom. The normalized spacial score (nSPS) is 11.3. The average Bonchev–Trinajstić information content (AvgIpc) is 2.58. The molecule has 4 nitrogen and oxygen atoms in total. The first-order chi connectivity index (χ1) is 12.0. The molecule has 0 aliphatic rings. The molecule has 25 heavy (non-hydrogen) atoms. The van der Waals surface area contributed by atoms with Crippen LogP contribution in [0, 0.1) is 13.8 Å². The molecule has 3 N–H and O–H groups in total. The molecule has 0 saturated carbocycles. The van der Waals surface area contributed by atoms with Gasteiger partial charge in [-0.2, -0.15) is 0 Å². The summed E-state index contributed by atoms with van der Waals surface area (Å²) in [6.07, 6.45) is 6.59. The van der Waals surface area contributed by atoms with Crippen molar-refractivity contribution in [1.29, 1.82) is 0 Å². The highest BCUT2D eigenvalue weighted by atomic mass is 16.5. The van der Waals surface area contributed by atoms with E-state index in [2.05, 4.69) is 0 Å². The number of allylic oxidation sites excluding steroid dienone is 2. The summed E-state index contributed by atoms with van der Waals surface area (Å²) in [5.74, 6) is 0.889. The van der Waals surface area contributed by atoms with Crippen molar-refractivity contribution in [1.82, 2.24) is 0 Å². The van der Waals surface area contributed by atoms with E-state index in [-0.39, 0.29) is 11.5 Å². The van der Waals surface area contributed by atoms with Gasteiger partial charge in [0.2, 0.25) is 0 Å². The molecule has 0 aliphatic heterocycles. The molecule has 2 rings (SSSR count). The second-order valence-electron chi connectivity index (χ2n) is 5.77. The van der Waals surface area contributed by atoms with Crippen LogP contribution in [0.4, 0.5) is 0 Å². The number of phenolic OH excluding ortho intramolecular Hbond substituents is 1. The SMILES string of the molecule is Cc1cc(O)ccc1/C=C/C(=O)/C=C/c1ccc(OCCN)cc1C. The molecule has 0 spiro atoms. The summed E-state index contributed by atoms with van der Waals surface area (Å²) in [5, 5.41) is 9.40. The molecule has 0 heterocycles. The molecular formula is C21H23NO3. The number of rotatable bonds is 7. The van der Waals surface area contributed by atoms with Gasteiger partial charge < -0.3 is 15.6 Å². The van der Waals surface area contributed by atoms with E-state index in [1.807, 2.05) is 32.0 Å². The van der Waals surface area contributed by atoms with E-state index in [4.69, 9.17) is 10.5 Å². The van der Waals surface area contributed by atoms with E-state index in [1.165, 1.54) is 12.2 Å². The van der Waals surface area contributed by atoms with Crippen LogP contribution in [0.2, 0.25) is 0 Å². The number of hydrogen-bond donors (Lipinski definition) is 2. The van der Waals surface area contributed by atoms with E-state index in [1.54, 1.807) is 30.4 Å². The monoisotopic (exact) mass is 337 g/mol. The Hall–Kier alpha value is -2.85. The molecule has 4 heteroatoms. The van der Waals surface area contributed by atoms with E-state index in [9.17, 15) is 9.90 Å². The second-order valence-corrected chi connectivity index (χ2v) is 5.77. The minimum atomic E-state index is -0.102. The number of hydrogen-bond acceptors (Lipinski definition) is 4. The second kappa shape index (κ2) is 8.85. The Bertz CT molecular complexity index is 807. The number of aromatic hydroxyl groups is 1. The fourth-order valence-electron chi connectivity index (χ4n) is 2.35. The van der Waals surface area contributed by atoms with Crippen LogP contribution in [0.5, 0.6) is 11.5 Å². The highest BCUT2D eigenvalue weighted by Crippen LogP contribution is 2.19. The van der Waals surface area contributed by atoms with E-state index in [0.717, 1.165) is 28.0 Å². The third-order valence-electron chi connectivity index (χ3n) is 3.74. The Kier molecular flexibility index (Phi) is 6.54. The van der Waals surface area contributed by atoms with Crippen LogP contribution in [0.3, 0.4) is 0 Å². The maximum Gasteiger partial charge on any atom is 0.178 e. The van der Waals surface area contributed by atoms with Crippen molar-refractivity contribution in [2.24, 2.45) is 5.73 Å². The Labute approximate surface area is 148 Å². The third-order valence-corrected chi connectivity index (χ3v) is 3.74.